The number of pyridine rings is 1. The quantitative estimate of drug-likeness (QED) is 0.595. The number of halogens is 2. The second-order valence-electron chi connectivity index (χ2n) is 7.70. The molecule has 1 amide bonds. The smallest absolute Gasteiger partial charge is 0.289 e. The van der Waals surface area contributed by atoms with Crippen LogP contribution in [0.5, 0.6) is 0 Å². The van der Waals surface area contributed by atoms with Crippen LogP contribution in [0.25, 0.3) is 11.3 Å². The highest BCUT2D eigenvalue weighted by atomic mass is 35.5. The van der Waals surface area contributed by atoms with Crippen LogP contribution in [-0.4, -0.2) is 28.5 Å². The summed E-state index contributed by atoms with van der Waals surface area (Å²) in [5, 5.41) is 0.906. The number of fused-ring (bicyclic) bond motifs is 4. The molecular weight excluding hydrogens is 411 g/mol. The maximum absolute atomic E-state index is 13.1. The summed E-state index contributed by atoms with van der Waals surface area (Å²) in [6.45, 7) is 1.86. The lowest BCUT2D eigenvalue weighted by Crippen LogP contribution is -2.49. The Balaban J connectivity index is 1.39. The summed E-state index contributed by atoms with van der Waals surface area (Å²) < 4.78 is 7.70. The SMILES string of the molecule is O=C(c1ccc(-c2ccc(Cl)c(Cl)c2)o1)N1C[C@@H]2C[C@@H](C1)c1cccc(=O)n1C2. The lowest BCUT2D eigenvalue weighted by molar-refractivity contribution is 0.0564. The van der Waals surface area contributed by atoms with Crippen LogP contribution in [0.3, 0.4) is 0 Å². The highest BCUT2D eigenvalue weighted by Crippen LogP contribution is 2.36. The molecular formula is C22H18Cl2N2O3. The largest absolute Gasteiger partial charge is 0.451 e. The molecule has 0 N–H and O–H groups in total. The van der Waals surface area contributed by atoms with Gasteiger partial charge in [-0.3, -0.25) is 9.59 Å². The zero-order valence-corrected chi connectivity index (χ0v) is 17.0. The summed E-state index contributed by atoms with van der Waals surface area (Å²) in [4.78, 5) is 27.1. The van der Waals surface area contributed by atoms with Gasteiger partial charge in [0.2, 0.25) is 0 Å². The number of carbonyl (C=O) groups is 1. The molecule has 0 unspecified atom stereocenters. The zero-order chi connectivity index (χ0) is 20.1. The number of carbonyl (C=O) groups excluding carboxylic acids is 1. The molecule has 4 heterocycles. The van der Waals surface area contributed by atoms with Crippen molar-refractivity contribution in [3.05, 3.63) is 80.4 Å². The van der Waals surface area contributed by atoms with Gasteiger partial charge in [0, 0.05) is 42.9 Å². The predicted molar refractivity (Wildman–Crippen MR) is 112 cm³/mol. The number of rotatable bonds is 2. The maximum atomic E-state index is 13.1. The third-order valence-electron chi connectivity index (χ3n) is 5.79. The molecule has 3 aromatic rings. The van der Waals surface area contributed by atoms with Gasteiger partial charge < -0.3 is 13.9 Å². The molecule has 1 fully saturated rings. The number of furan rings is 1. The van der Waals surface area contributed by atoms with Crippen LogP contribution in [0.2, 0.25) is 10.0 Å². The van der Waals surface area contributed by atoms with Crippen LogP contribution < -0.4 is 5.56 Å². The van der Waals surface area contributed by atoms with E-state index in [1.54, 1.807) is 42.5 Å². The summed E-state index contributed by atoms with van der Waals surface area (Å²) in [7, 11) is 0. The minimum absolute atomic E-state index is 0.0364. The van der Waals surface area contributed by atoms with E-state index in [1.807, 2.05) is 15.5 Å². The molecule has 0 saturated carbocycles. The number of amides is 1. The zero-order valence-electron chi connectivity index (χ0n) is 15.5. The average Bonchev–Trinajstić information content (AvgIpc) is 3.20. The van der Waals surface area contributed by atoms with Crippen LogP contribution in [0.1, 0.15) is 28.6 Å². The van der Waals surface area contributed by atoms with E-state index in [2.05, 4.69) is 0 Å². The van der Waals surface area contributed by atoms with Crippen LogP contribution in [0.4, 0.5) is 0 Å². The summed E-state index contributed by atoms with van der Waals surface area (Å²) in [5.41, 5.74) is 1.82. The van der Waals surface area contributed by atoms with Crippen LogP contribution in [0.15, 0.2) is 57.7 Å². The van der Waals surface area contributed by atoms with E-state index in [-0.39, 0.29) is 23.3 Å². The molecule has 1 saturated heterocycles. The molecule has 1 aromatic carbocycles. The Kier molecular flexibility index (Phi) is 4.52. The summed E-state index contributed by atoms with van der Waals surface area (Å²) in [5.74, 6) is 1.19. The Hall–Kier alpha value is -2.50. The van der Waals surface area contributed by atoms with Gasteiger partial charge >= 0.3 is 0 Å². The van der Waals surface area contributed by atoms with Gasteiger partial charge in [0.15, 0.2) is 5.76 Å². The first-order valence-corrected chi connectivity index (χ1v) is 10.3. The highest BCUT2D eigenvalue weighted by molar-refractivity contribution is 6.42. The molecule has 29 heavy (non-hydrogen) atoms. The lowest BCUT2D eigenvalue weighted by atomic mass is 9.83. The van der Waals surface area contributed by atoms with E-state index in [4.69, 9.17) is 27.6 Å². The molecule has 5 rings (SSSR count). The van der Waals surface area contributed by atoms with Crippen molar-refractivity contribution < 1.29 is 9.21 Å². The van der Waals surface area contributed by atoms with Gasteiger partial charge in [-0.25, -0.2) is 0 Å². The fourth-order valence-corrected chi connectivity index (χ4v) is 4.77. The van der Waals surface area contributed by atoms with Gasteiger partial charge in [-0.05, 0) is 48.7 Å². The third kappa shape index (κ3) is 3.28. The van der Waals surface area contributed by atoms with Crippen molar-refractivity contribution in [1.82, 2.24) is 9.47 Å². The molecule has 7 heteroatoms. The Morgan fingerprint density at radius 1 is 1.00 bits per heavy atom. The third-order valence-corrected chi connectivity index (χ3v) is 6.53. The first kappa shape index (κ1) is 18.5. The van der Waals surface area contributed by atoms with Crippen molar-refractivity contribution >= 4 is 29.1 Å². The standard InChI is InChI=1S/C22H18Cl2N2O3/c23-16-5-4-14(9-17(16)24)19-6-7-20(29-19)22(28)25-10-13-8-15(12-25)18-2-1-3-21(27)26(18)11-13/h1-7,9,13,15H,8,10-12H2/t13-,15-/m0/s1. The van der Waals surface area contributed by atoms with Crippen molar-refractivity contribution in [1.29, 1.82) is 0 Å². The average molecular weight is 429 g/mol. The highest BCUT2D eigenvalue weighted by Gasteiger charge is 2.37. The number of benzene rings is 1. The van der Waals surface area contributed by atoms with Crippen molar-refractivity contribution in [3.63, 3.8) is 0 Å². The van der Waals surface area contributed by atoms with E-state index in [1.165, 1.54) is 0 Å². The van der Waals surface area contributed by atoms with Crippen molar-refractivity contribution in [2.24, 2.45) is 5.92 Å². The van der Waals surface area contributed by atoms with E-state index in [9.17, 15) is 9.59 Å². The maximum Gasteiger partial charge on any atom is 0.289 e. The van der Waals surface area contributed by atoms with Crippen LogP contribution in [0, 0.1) is 5.92 Å². The first-order valence-electron chi connectivity index (χ1n) is 9.54. The van der Waals surface area contributed by atoms with Crippen molar-refractivity contribution in [2.45, 2.75) is 18.9 Å². The van der Waals surface area contributed by atoms with Crippen LogP contribution >= 0.6 is 23.2 Å². The normalized spacial score (nSPS) is 20.4. The minimum atomic E-state index is -0.127. The molecule has 0 spiro atoms. The van der Waals surface area contributed by atoms with E-state index >= 15 is 0 Å². The second kappa shape index (κ2) is 7.08. The van der Waals surface area contributed by atoms with Gasteiger partial charge in [0.05, 0.1) is 10.0 Å². The fourth-order valence-electron chi connectivity index (χ4n) is 4.48. The van der Waals surface area contributed by atoms with Gasteiger partial charge in [-0.15, -0.1) is 0 Å². The van der Waals surface area contributed by atoms with Gasteiger partial charge in [-0.2, -0.15) is 0 Å². The first-order chi connectivity index (χ1) is 14.0. The monoisotopic (exact) mass is 428 g/mol. The Morgan fingerprint density at radius 2 is 1.86 bits per heavy atom. The number of hydrogen-bond acceptors (Lipinski definition) is 3. The number of hydrogen-bond donors (Lipinski definition) is 0. The molecule has 2 atom stereocenters. The Morgan fingerprint density at radius 3 is 2.69 bits per heavy atom. The van der Waals surface area contributed by atoms with E-state index in [0.717, 1.165) is 17.7 Å². The Labute approximate surface area is 177 Å². The molecule has 2 aliphatic rings. The second-order valence-corrected chi connectivity index (χ2v) is 8.52. The van der Waals surface area contributed by atoms with Gasteiger partial charge in [0.1, 0.15) is 5.76 Å². The molecule has 2 bridgehead atoms. The van der Waals surface area contributed by atoms with Gasteiger partial charge in [-0.1, -0.05) is 29.3 Å². The van der Waals surface area contributed by atoms with Crippen molar-refractivity contribution in [2.75, 3.05) is 13.1 Å². The Bertz CT molecular complexity index is 1170. The molecule has 2 aromatic heterocycles. The summed E-state index contributed by atoms with van der Waals surface area (Å²) in [6, 6.07) is 14.1. The summed E-state index contributed by atoms with van der Waals surface area (Å²) in [6.07, 6.45) is 1.000. The predicted octanol–water partition coefficient (Wildman–Crippen LogP) is 4.67. The molecule has 2 aliphatic heterocycles. The lowest BCUT2D eigenvalue weighted by Gasteiger charge is -2.42. The molecule has 0 aliphatic carbocycles. The van der Waals surface area contributed by atoms with E-state index < -0.39 is 0 Å². The topological polar surface area (TPSA) is 55.5 Å². The summed E-state index contributed by atoms with van der Waals surface area (Å²) >= 11 is 12.1. The number of aromatic nitrogens is 1. The van der Waals surface area contributed by atoms with Gasteiger partial charge in [0.25, 0.3) is 11.5 Å². The number of piperidine rings is 1. The number of likely N-dealkylation sites (tertiary alicyclic amines) is 1. The van der Waals surface area contributed by atoms with E-state index in [0.29, 0.717) is 41.2 Å². The van der Waals surface area contributed by atoms with Crippen molar-refractivity contribution in [3.8, 4) is 11.3 Å². The number of nitrogens with zero attached hydrogens (tertiary/aromatic N) is 2. The fraction of sp³-hybridized carbons (Fsp3) is 0.273. The van der Waals surface area contributed by atoms with Crippen LogP contribution in [-0.2, 0) is 6.54 Å². The minimum Gasteiger partial charge on any atom is -0.451 e. The molecule has 5 nitrogen and oxygen atoms in total. The molecule has 148 valence electrons. The molecule has 0 radical (unpaired) electrons.